The average Bonchev–Trinajstić information content (AvgIpc) is 2.81. The first-order valence-electron chi connectivity index (χ1n) is 9.52. The number of hydrogen-bond donors (Lipinski definition) is 2. The highest BCUT2D eigenvalue weighted by Crippen LogP contribution is 2.28. The molecular formula is C22H24N2O8. The van der Waals surface area contributed by atoms with Crippen LogP contribution in [0.25, 0.3) is 0 Å². The number of carbonyl (C=O) groups is 4. The van der Waals surface area contributed by atoms with Crippen molar-refractivity contribution >= 4 is 35.1 Å². The van der Waals surface area contributed by atoms with Gasteiger partial charge in [-0.3, -0.25) is 14.4 Å². The van der Waals surface area contributed by atoms with Gasteiger partial charge in [0.2, 0.25) is 5.91 Å². The largest absolute Gasteiger partial charge is 0.497 e. The second-order valence-electron chi connectivity index (χ2n) is 6.39. The van der Waals surface area contributed by atoms with Crippen LogP contribution in [-0.4, -0.2) is 51.7 Å². The first-order valence-corrected chi connectivity index (χ1v) is 9.52. The van der Waals surface area contributed by atoms with E-state index in [1.54, 1.807) is 30.3 Å². The number of carbonyl (C=O) groups excluding carboxylic acids is 4. The SMILES string of the molecule is COC(=O)c1ccc(NC(=O)CCC(=O)OCC(=O)Nc2cc(OC)ccc2OC)cc1. The van der Waals surface area contributed by atoms with Gasteiger partial charge in [-0.25, -0.2) is 4.79 Å². The van der Waals surface area contributed by atoms with Crippen LogP contribution in [0, 0.1) is 0 Å². The van der Waals surface area contributed by atoms with Crippen LogP contribution >= 0.6 is 0 Å². The summed E-state index contributed by atoms with van der Waals surface area (Å²) in [6.45, 7) is -0.518. The third-order valence-electron chi connectivity index (χ3n) is 4.19. The number of hydrogen-bond acceptors (Lipinski definition) is 8. The molecule has 10 nitrogen and oxygen atoms in total. The minimum Gasteiger partial charge on any atom is -0.497 e. The van der Waals surface area contributed by atoms with Gasteiger partial charge in [-0.15, -0.1) is 0 Å². The van der Waals surface area contributed by atoms with Gasteiger partial charge in [0.15, 0.2) is 6.61 Å². The molecule has 32 heavy (non-hydrogen) atoms. The van der Waals surface area contributed by atoms with E-state index in [4.69, 9.17) is 14.2 Å². The van der Waals surface area contributed by atoms with Crippen LogP contribution in [0.15, 0.2) is 42.5 Å². The summed E-state index contributed by atoms with van der Waals surface area (Å²) in [5.74, 6) is -1.24. The molecule has 2 N–H and O–H groups in total. The summed E-state index contributed by atoms with van der Waals surface area (Å²) in [7, 11) is 4.22. The Morgan fingerprint density at radius 3 is 2.16 bits per heavy atom. The molecule has 2 aromatic carbocycles. The Morgan fingerprint density at radius 1 is 0.812 bits per heavy atom. The Morgan fingerprint density at radius 2 is 1.53 bits per heavy atom. The van der Waals surface area contributed by atoms with Crippen molar-refractivity contribution < 1.29 is 38.1 Å². The fourth-order valence-electron chi connectivity index (χ4n) is 2.56. The fourth-order valence-corrected chi connectivity index (χ4v) is 2.56. The van der Waals surface area contributed by atoms with Crippen molar-refractivity contribution in [2.24, 2.45) is 0 Å². The van der Waals surface area contributed by atoms with Crippen molar-refractivity contribution in [2.45, 2.75) is 12.8 Å². The van der Waals surface area contributed by atoms with Crippen molar-refractivity contribution in [2.75, 3.05) is 38.6 Å². The Balaban J connectivity index is 1.75. The molecule has 2 rings (SSSR count). The Bertz CT molecular complexity index is 972. The van der Waals surface area contributed by atoms with Gasteiger partial charge in [0.05, 0.1) is 39.0 Å². The fraction of sp³-hybridized carbons (Fsp3) is 0.273. The summed E-state index contributed by atoms with van der Waals surface area (Å²) in [5.41, 5.74) is 1.17. The topological polar surface area (TPSA) is 129 Å². The molecular weight excluding hydrogens is 420 g/mol. The zero-order chi connectivity index (χ0) is 23.5. The Labute approximate surface area is 184 Å². The molecule has 0 radical (unpaired) electrons. The zero-order valence-electron chi connectivity index (χ0n) is 17.9. The summed E-state index contributed by atoms with van der Waals surface area (Å²) >= 11 is 0. The van der Waals surface area contributed by atoms with Gasteiger partial charge < -0.3 is 29.6 Å². The number of anilines is 2. The number of benzene rings is 2. The zero-order valence-corrected chi connectivity index (χ0v) is 17.9. The number of nitrogens with one attached hydrogen (secondary N) is 2. The number of methoxy groups -OCH3 is 3. The van der Waals surface area contributed by atoms with Crippen molar-refractivity contribution in [1.82, 2.24) is 0 Å². The standard InChI is InChI=1S/C22H24N2O8/c1-29-16-8-9-18(30-2)17(12-16)24-20(26)13-32-21(27)11-10-19(25)23-15-6-4-14(5-7-15)22(28)31-3/h4-9,12H,10-11,13H2,1-3H3,(H,23,25)(H,24,26). The molecule has 0 saturated carbocycles. The van der Waals surface area contributed by atoms with Gasteiger partial charge in [0, 0.05) is 18.2 Å². The average molecular weight is 444 g/mol. The predicted molar refractivity (Wildman–Crippen MR) is 115 cm³/mol. The maximum atomic E-state index is 12.1. The van der Waals surface area contributed by atoms with Crippen LogP contribution in [0.4, 0.5) is 11.4 Å². The van der Waals surface area contributed by atoms with Crippen LogP contribution in [0.5, 0.6) is 11.5 Å². The molecule has 170 valence electrons. The van der Waals surface area contributed by atoms with Crippen molar-refractivity contribution in [3.63, 3.8) is 0 Å². The van der Waals surface area contributed by atoms with E-state index in [9.17, 15) is 19.2 Å². The second-order valence-corrected chi connectivity index (χ2v) is 6.39. The predicted octanol–water partition coefficient (Wildman–Crippen LogP) is 2.39. The molecule has 0 aliphatic carbocycles. The highest BCUT2D eigenvalue weighted by Gasteiger charge is 2.13. The second kappa shape index (κ2) is 11.9. The lowest BCUT2D eigenvalue weighted by molar-refractivity contribution is -0.147. The summed E-state index contributed by atoms with van der Waals surface area (Å²) < 4.78 is 19.8. The van der Waals surface area contributed by atoms with Gasteiger partial charge >= 0.3 is 11.9 Å². The first kappa shape index (κ1) is 24.2. The minimum absolute atomic E-state index is 0.136. The van der Waals surface area contributed by atoms with Gasteiger partial charge in [-0.1, -0.05) is 0 Å². The number of esters is 2. The molecule has 10 heteroatoms. The minimum atomic E-state index is -0.700. The quantitative estimate of drug-likeness (QED) is 0.535. The van der Waals surface area contributed by atoms with E-state index in [0.29, 0.717) is 28.4 Å². The maximum Gasteiger partial charge on any atom is 0.337 e. The number of rotatable bonds is 10. The molecule has 0 saturated heterocycles. The number of ether oxygens (including phenoxy) is 4. The third-order valence-corrected chi connectivity index (χ3v) is 4.19. The highest BCUT2D eigenvalue weighted by atomic mass is 16.5. The summed E-state index contributed by atoms with van der Waals surface area (Å²) in [4.78, 5) is 47.3. The van der Waals surface area contributed by atoms with Gasteiger partial charge in [0.1, 0.15) is 11.5 Å². The van der Waals surface area contributed by atoms with E-state index in [0.717, 1.165) is 0 Å². The van der Waals surface area contributed by atoms with E-state index < -0.39 is 30.4 Å². The molecule has 0 bridgehead atoms. The smallest absolute Gasteiger partial charge is 0.337 e. The van der Waals surface area contributed by atoms with E-state index >= 15 is 0 Å². The van der Waals surface area contributed by atoms with Crippen LogP contribution in [0.3, 0.4) is 0 Å². The van der Waals surface area contributed by atoms with Crippen LogP contribution < -0.4 is 20.1 Å². The Hall–Kier alpha value is -4.08. The molecule has 0 aromatic heterocycles. The van der Waals surface area contributed by atoms with Gasteiger partial charge in [-0.05, 0) is 36.4 Å². The van der Waals surface area contributed by atoms with E-state index in [2.05, 4.69) is 15.4 Å². The van der Waals surface area contributed by atoms with E-state index in [1.807, 2.05) is 0 Å². The highest BCUT2D eigenvalue weighted by molar-refractivity contribution is 5.96. The number of amides is 2. The van der Waals surface area contributed by atoms with E-state index in [1.165, 1.54) is 33.5 Å². The molecule has 0 spiro atoms. The third kappa shape index (κ3) is 7.31. The molecule has 0 unspecified atom stereocenters. The molecule has 0 fully saturated rings. The monoisotopic (exact) mass is 444 g/mol. The molecule has 2 amide bonds. The van der Waals surface area contributed by atoms with Crippen LogP contribution in [0.1, 0.15) is 23.2 Å². The summed E-state index contributed by atoms with van der Waals surface area (Å²) in [5, 5.41) is 5.17. The summed E-state index contributed by atoms with van der Waals surface area (Å²) in [6, 6.07) is 11.0. The molecule has 0 aliphatic heterocycles. The van der Waals surface area contributed by atoms with Crippen molar-refractivity contribution in [3.8, 4) is 11.5 Å². The maximum absolute atomic E-state index is 12.1. The van der Waals surface area contributed by atoms with Crippen molar-refractivity contribution in [3.05, 3.63) is 48.0 Å². The molecule has 0 atom stereocenters. The summed E-state index contributed by atoms with van der Waals surface area (Å²) in [6.07, 6.45) is -0.343. The van der Waals surface area contributed by atoms with Crippen LogP contribution in [-0.2, 0) is 23.9 Å². The Kier molecular flexibility index (Phi) is 9.03. The van der Waals surface area contributed by atoms with Gasteiger partial charge in [0.25, 0.3) is 5.91 Å². The van der Waals surface area contributed by atoms with Crippen LogP contribution in [0.2, 0.25) is 0 Å². The van der Waals surface area contributed by atoms with Crippen molar-refractivity contribution in [1.29, 1.82) is 0 Å². The molecule has 2 aromatic rings. The molecule has 0 heterocycles. The molecule has 0 aliphatic rings. The van der Waals surface area contributed by atoms with Gasteiger partial charge in [-0.2, -0.15) is 0 Å². The normalized spacial score (nSPS) is 9.97. The first-order chi connectivity index (χ1) is 15.4. The van der Waals surface area contributed by atoms with E-state index in [-0.39, 0.29) is 12.8 Å². The lowest BCUT2D eigenvalue weighted by Crippen LogP contribution is -2.22. The lowest BCUT2D eigenvalue weighted by atomic mass is 10.2. The lowest BCUT2D eigenvalue weighted by Gasteiger charge is -2.12.